The normalized spacial score (nSPS) is 12.3. The second-order valence-corrected chi connectivity index (χ2v) is 6.82. The SMILES string of the molecule is Cc1ccc(C(C)NCc2ccc(Br)cc2[N+](=O)[O-])s1. The Morgan fingerprint density at radius 2 is 2.15 bits per heavy atom. The predicted octanol–water partition coefficient (Wildman–Crippen LogP) is 4.58. The Balaban J connectivity index is 2.09. The third kappa shape index (κ3) is 3.65. The fourth-order valence-electron chi connectivity index (χ4n) is 1.91. The molecule has 1 aromatic heterocycles. The van der Waals surface area contributed by atoms with Crippen LogP contribution in [-0.4, -0.2) is 4.92 Å². The van der Waals surface area contributed by atoms with E-state index in [1.165, 1.54) is 15.8 Å². The van der Waals surface area contributed by atoms with Gasteiger partial charge in [-0.1, -0.05) is 15.9 Å². The standard InChI is InChI=1S/C14H15BrN2O2S/c1-9-3-6-14(20-9)10(2)16-8-11-4-5-12(15)7-13(11)17(18)19/h3-7,10,16H,8H2,1-2H3. The van der Waals surface area contributed by atoms with Gasteiger partial charge in [-0.2, -0.15) is 0 Å². The molecule has 1 aromatic carbocycles. The number of nitro benzene ring substituents is 1. The second kappa shape index (κ2) is 6.47. The van der Waals surface area contributed by atoms with Gasteiger partial charge in [-0.05, 0) is 38.1 Å². The molecule has 2 aromatic rings. The maximum Gasteiger partial charge on any atom is 0.275 e. The highest BCUT2D eigenvalue weighted by atomic mass is 79.9. The highest BCUT2D eigenvalue weighted by Crippen LogP contribution is 2.26. The van der Waals surface area contributed by atoms with Gasteiger partial charge in [0.1, 0.15) is 0 Å². The van der Waals surface area contributed by atoms with Crippen molar-refractivity contribution in [2.75, 3.05) is 0 Å². The molecule has 0 aliphatic heterocycles. The molecule has 0 saturated heterocycles. The van der Waals surface area contributed by atoms with Crippen LogP contribution in [0.15, 0.2) is 34.8 Å². The molecular formula is C14H15BrN2O2S. The van der Waals surface area contributed by atoms with E-state index in [0.29, 0.717) is 12.1 Å². The minimum absolute atomic E-state index is 0.140. The third-order valence-electron chi connectivity index (χ3n) is 3.03. The van der Waals surface area contributed by atoms with Crippen LogP contribution in [0.25, 0.3) is 0 Å². The summed E-state index contributed by atoms with van der Waals surface area (Å²) in [5, 5.41) is 14.4. The summed E-state index contributed by atoms with van der Waals surface area (Å²) in [5.74, 6) is 0. The highest BCUT2D eigenvalue weighted by Gasteiger charge is 2.15. The van der Waals surface area contributed by atoms with Crippen molar-refractivity contribution in [3.63, 3.8) is 0 Å². The van der Waals surface area contributed by atoms with Crippen LogP contribution in [0.5, 0.6) is 0 Å². The summed E-state index contributed by atoms with van der Waals surface area (Å²) in [7, 11) is 0. The van der Waals surface area contributed by atoms with Gasteiger partial charge >= 0.3 is 0 Å². The topological polar surface area (TPSA) is 55.2 Å². The summed E-state index contributed by atoms with van der Waals surface area (Å²) >= 11 is 5.00. The van der Waals surface area contributed by atoms with Crippen molar-refractivity contribution in [1.82, 2.24) is 5.32 Å². The van der Waals surface area contributed by atoms with Crippen molar-refractivity contribution in [2.45, 2.75) is 26.4 Å². The second-order valence-electron chi connectivity index (χ2n) is 4.58. The fraction of sp³-hybridized carbons (Fsp3) is 0.286. The summed E-state index contributed by atoms with van der Waals surface area (Å²) in [4.78, 5) is 13.2. The van der Waals surface area contributed by atoms with Crippen LogP contribution in [0.3, 0.4) is 0 Å². The number of hydrogen-bond donors (Lipinski definition) is 1. The molecule has 1 heterocycles. The lowest BCUT2D eigenvalue weighted by Crippen LogP contribution is -2.17. The van der Waals surface area contributed by atoms with Crippen LogP contribution in [0.1, 0.15) is 28.3 Å². The number of rotatable bonds is 5. The van der Waals surface area contributed by atoms with Crippen molar-refractivity contribution in [2.24, 2.45) is 0 Å². The van der Waals surface area contributed by atoms with Crippen molar-refractivity contribution >= 4 is 33.0 Å². The molecule has 0 spiro atoms. The highest BCUT2D eigenvalue weighted by molar-refractivity contribution is 9.10. The van der Waals surface area contributed by atoms with Gasteiger partial charge in [0.2, 0.25) is 0 Å². The molecule has 1 N–H and O–H groups in total. The maximum atomic E-state index is 11.1. The molecule has 2 rings (SSSR count). The van der Waals surface area contributed by atoms with Gasteiger partial charge in [-0.15, -0.1) is 11.3 Å². The fourth-order valence-corrected chi connectivity index (χ4v) is 3.16. The Kier molecular flexibility index (Phi) is 4.91. The smallest absolute Gasteiger partial charge is 0.275 e. The maximum absolute atomic E-state index is 11.1. The average molecular weight is 355 g/mol. The summed E-state index contributed by atoms with van der Waals surface area (Å²) in [6, 6.07) is 9.49. The van der Waals surface area contributed by atoms with Gasteiger partial charge in [-0.3, -0.25) is 10.1 Å². The van der Waals surface area contributed by atoms with E-state index in [1.54, 1.807) is 17.4 Å². The quantitative estimate of drug-likeness (QED) is 0.631. The number of aryl methyl sites for hydroxylation is 1. The van der Waals surface area contributed by atoms with Crippen molar-refractivity contribution in [1.29, 1.82) is 0 Å². The zero-order chi connectivity index (χ0) is 14.7. The van der Waals surface area contributed by atoms with E-state index in [2.05, 4.69) is 47.2 Å². The van der Waals surface area contributed by atoms with Crippen LogP contribution >= 0.6 is 27.3 Å². The minimum atomic E-state index is -0.346. The molecule has 106 valence electrons. The van der Waals surface area contributed by atoms with Crippen LogP contribution in [-0.2, 0) is 6.54 Å². The lowest BCUT2D eigenvalue weighted by molar-refractivity contribution is -0.385. The zero-order valence-corrected chi connectivity index (χ0v) is 13.6. The van der Waals surface area contributed by atoms with E-state index in [1.807, 2.05) is 6.07 Å². The van der Waals surface area contributed by atoms with Crippen LogP contribution in [0.2, 0.25) is 0 Å². The first-order chi connectivity index (χ1) is 9.47. The molecule has 0 saturated carbocycles. The van der Waals surface area contributed by atoms with Gasteiger partial charge in [-0.25, -0.2) is 0 Å². The van der Waals surface area contributed by atoms with Crippen molar-refractivity contribution in [3.05, 3.63) is 60.2 Å². The van der Waals surface area contributed by atoms with E-state index in [4.69, 9.17) is 0 Å². The number of nitro groups is 1. The molecular weight excluding hydrogens is 340 g/mol. The summed E-state index contributed by atoms with van der Waals surface area (Å²) in [6.07, 6.45) is 0. The Morgan fingerprint density at radius 1 is 1.40 bits per heavy atom. The van der Waals surface area contributed by atoms with Gasteiger partial charge in [0.05, 0.1) is 4.92 Å². The molecule has 0 amide bonds. The van der Waals surface area contributed by atoms with Gasteiger partial charge in [0.15, 0.2) is 0 Å². The largest absolute Gasteiger partial charge is 0.305 e. The Morgan fingerprint density at radius 3 is 2.75 bits per heavy atom. The number of nitrogens with one attached hydrogen (secondary N) is 1. The molecule has 4 nitrogen and oxygen atoms in total. The first kappa shape index (κ1) is 15.2. The number of halogens is 1. The Bertz CT molecular complexity index is 627. The number of thiophene rings is 1. The monoisotopic (exact) mass is 354 g/mol. The molecule has 20 heavy (non-hydrogen) atoms. The molecule has 0 bridgehead atoms. The number of benzene rings is 1. The Labute approximate surface area is 130 Å². The van der Waals surface area contributed by atoms with E-state index < -0.39 is 0 Å². The lowest BCUT2D eigenvalue weighted by Gasteiger charge is -2.12. The zero-order valence-electron chi connectivity index (χ0n) is 11.2. The van der Waals surface area contributed by atoms with Crippen LogP contribution in [0.4, 0.5) is 5.69 Å². The Hall–Kier alpha value is -1.24. The van der Waals surface area contributed by atoms with Gasteiger partial charge in [0.25, 0.3) is 5.69 Å². The van der Waals surface area contributed by atoms with E-state index >= 15 is 0 Å². The molecule has 0 radical (unpaired) electrons. The molecule has 0 fully saturated rings. The first-order valence-corrected chi connectivity index (χ1v) is 7.81. The van der Waals surface area contributed by atoms with E-state index in [-0.39, 0.29) is 16.7 Å². The third-order valence-corrected chi connectivity index (χ3v) is 4.71. The summed E-state index contributed by atoms with van der Waals surface area (Å²) in [6.45, 7) is 4.61. The number of hydrogen-bond acceptors (Lipinski definition) is 4. The van der Waals surface area contributed by atoms with Crippen LogP contribution < -0.4 is 5.32 Å². The molecule has 0 aliphatic rings. The summed E-state index contributed by atoms with van der Waals surface area (Å²) in [5.41, 5.74) is 0.833. The van der Waals surface area contributed by atoms with Crippen molar-refractivity contribution in [3.8, 4) is 0 Å². The molecule has 6 heteroatoms. The average Bonchev–Trinajstić information content (AvgIpc) is 2.83. The van der Waals surface area contributed by atoms with Gasteiger partial charge < -0.3 is 5.32 Å². The number of nitrogens with zero attached hydrogens (tertiary/aromatic N) is 1. The predicted molar refractivity (Wildman–Crippen MR) is 85.1 cm³/mol. The molecule has 1 atom stereocenters. The van der Waals surface area contributed by atoms with Crippen LogP contribution in [0, 0.1) is 17.0 Å². The lowest BCUT2D eigenvalue weighted by atomic mass is 10.1. The molecule has 1 unspecified atom stereocenters. The first-order valence-electron chi connectivity index (χ1n) is 6.20. The molecule has 0 aliphatic carbocycles. The van der Waals surface area contributed by atoms with Crippen molar-refractivity contribution < 1.29 is 4.92 Å². The van der Waals surface area contributed by atoms with Gasteiger partial charge in [0, 0.05) is 38.4 Å². The minimum Gasteiger partial charge on any atom is -0.305 e. The summed E-state index contributed by atoms with van der Waals surface area (Å²) < 4.78 is 0.717. The van der Waals surface area contributed by atoms with E-state index in [9.17, 15) is 10.1 Å². The van der Waals surface area contributed by atoms with E-state index in [0.717, 1.165) is 4.47 Å².